The average Bonchev–Trinajstić information content (AvgIpc) is 2.63. The summed E-state index contributed by atoms with van der Waals surface area (Å²) in [5.74, 6) is 0.787. The first kappa shape index (κ1) is 17.5. The lowest BCUT2D eigenvalue weighted by Crippen LogP contribution is -2.32. The van der Waals surface area contributed by atoms with E-state index in [-0.39, 0.29) is 5.91 Å². The number of likely N-dealkylation sites (tertiary alicyclic amines) is 1. The van der Waals surface area contributed by atoms with Crippen molar-refractivity contribution in [2.45, 2.75) is 32.9 Å². The Bertz CT molecular complexity index is 686. The van der Waals surface area contributed by atoms with Crippen molar-refractivity contribution in [2.24, 2.45) is 5.92 Å². The van der Waals surface area contributed by atoms with Crippen molar-refractivity contribution < 1.29 is 4.79 Å². The molecule has 2 aromatic carbocycles. The van der Waals surface area contributed by atoms with Gasteiger partial charge in [-0.05, 0) is 67.2 Å². The highest BCUT2D eigenvalue weighted by molar-refractivity contribution is 5.94. The molecule has 0 aliphatic carbocycles. The maximum Gasteiger partial charge on any atom is 0.251 e. The zero-order valence-electron chi connectivity index (χ0n) is 14.9. The molecule has 0 atom stereocenters. The van der Waals surface area contributed by atoms with Crippen LogP contribution in [0.25, 0.3) is 0 Å². The first-order valence-corrected chi connectivity index (χ1v) is 9.04. The number of nitrogen functional groups attached to an aromatic ring is 1. The van der Waals surface area contributed by atoms with Gasteiger partial charge in [0.15, 0.2) is 0 Å². The Morgan fingerprint density at radius 1 is 1.04 bits per heavy atom. The van der Waals surface area contributed by atoms with Crippen molar-refractivity contribution in [1.82, 2.24) is 10.2 Å². The molecule has 3 rings (SSSR count). The van der Waals surface area contributed by atoms with Gasteiger partial charge >= 0.3 is 0 Å². The van der Waals surface area contributed by atoms with E-state index in [1.807, 2.05) is 0 Å². The van der Waals surface area contributed by atoms with Gasteiger partial charge in [-0.3, -0.25) is 9.69 Å². The van der Waals surface area contributed by atoms with E-state index in [2.05, 4.69) is 41.4 Å². The number of nitrogens with zero attached hydrogens (tertiary/aromatic N) is 1. The zero-order valence-corrected chi connectivity index (χ0v) is 14.9. The number of amides is 1. The second-order valence-electron chi connectivity index (χ2n) is 7.08. The topological polar surface area (TPSA) is 58.4 Å². The normalized spacial score (nSPS) is 15.9. The number of carbonyl (C=O) groups is 1. The van der Waals surface area contributed by atoms with E-state index in [1.54, 1.807) is 24.3 Å². The van der Waals surface area contributed by atoms with Crippen LogP contribution in [0, 0.1) is 5.92 Å². The van der Waals surface area contributed by atoms with Crippen LogP contribution in [0.4, 0.5) is 5.69 Å². The summed E-state index contributed by atoms with van der Waals surface area (Å²) < 4.78 is 0. The maximum absolute atomic E-state index is 12.1. The molecule has 3 N–H and O–H groups in total. The highest BCUT2D eigenvalue weighted by Gasteiger charge is 2.15. The monoisotopic (exact) mass is 337 g/mol. The minimum absolute atomic E-state index is 0.0773. The summed E-state index contributed by atoms with van der Waals surface area (Å²) in [5.41, 5.74) is 9.38. The number of hydrogen-bond acceptors (Lipinski definition) is 3. The molecule has 0 radical (unpaired) electrons. The molecule has 25 heavy (non-hydrogen) atoms. The van der Waals surface area contributed by atoms with Gasteiger partial charge in [-0.1, -0.05) is 31.2 Å². The molecule has 0 bridgehead atoms. The second kappa shape index (κ2) is 8.17. The van der Waals surface area contributed by atoms with E-state index in [1.165, 1.54) is 31.5 Å². The molecule has 4 heteroatoms. The van der Waals surface area contributed by atoms with Crippen molar-refractivity contribution in [3.63, 3.8) is 0 Å². The van der Waals surface area contributed by atoms with Crippen LogP contribution in [0.2, 0.25) is 0 Å². The summed E-state index contributed by atoms with van der Waals surface area (Å²) in [6, 6.07) is 15.5. The standard InChI is InChI=1S/C21H27N3O/c1-16-10-12-24(13-11-16)15-18-4-2-17(3-5-18)14-23-21(25)19-6-8-20(22)9-7-19/h2-9,16H,10-15,22H2,1H3,(H,23,25). The minimum Gasteiger partial charge on any atom is -0.399 e. The molecule has 1 aliphatic heterocycles. The molecule has 4 nitrogen and oxygen atoms in total. The molecule has 1 heterocycles. The number of hydrogen-bond donors (Lipinski definition) is 2. The fourth-order valence-corrected chi connectivity index (χ4v) is 3.16. The summed E-state index contributed by atoms with van der Waals surface area (Å²) in [4.78, 5) is 14.7. The first-order valence-electron chi connectivity index (χ1n) is 9.04. The second-order valence-corrected chi connectivity index (χ2v) is 7.08. The van der Waals surface area contributed by atoms with Crippen molar-refractivity contribution in [2.75, 3.05) is 18.8 Å². The van der Waals surface area contributed by atoms with Gasteiger partial charge in [-0.25, -0.2) is 0 Å². The lowest BCUT2D eigenvalue weighted by molar-refractivity contribution is 0.0951. The number of nitrogens with one attached hydrogen (secondary N) is 1. The van der Waals surface area contributed by atoms with Crippen LogP contribution in [0.1, 0.15) is 41.3 Å². The highest BCUT2D eigenvalue weighted by atomic mass is 16.1. The number of anilines is 1. The van der Waals surface area contributed by atoms with Crippen LogP contribution in [0.5, 0.6) is 0 Å². The van der Waals surface area contributed by atoms with E-state index in [0.29, 0.717) is 17.8 Å². The number of piperidine rings is 1. The molecule has 0 saturated carbocycles. The molecule has 1 amide bonds. The van der Waals surface area contributed by atoms with Gasteiger partial charge in [0.1, 0.15) is 0 Å². The van der Waals surface area contributed by atoms with Gasteiger partial charge in [-0.2, -0.15) is 0 Å². The Morgan fingerprint density at radius 2 is 1.64 bits per heavy atom. The van der Waals surface area contributed by atoms with Crippen LogP contribution in [-0.2, 0) is 13.1 Å². The third kappa shape index (κ3) is 5.07. The van der Waals surface area contributed by atoms with Crippen molar-refractivity contribution >= 4 is 11.6 Å². The van der Waals surface area contributed by atoms with E-state index < -0.39 is 0 Å². The van der Waals surface area contributed by atoms with Crippen LogP contribution >= 0.6 is 0 Å². The Kier molecular flexibility index (Phi) is 5.71. The highest BCUT2D eigenvalue weighted by Crippen LogP contribution is 2.18. The smallest absolute Gasteiger partial charge is 0.251 e. The summed E-state index contributed by atoms with van der Waals surface area (Å²) in [7, 11) is 0. The Morgan fingerprint density at radius 3 is 2.28 bits per heavy atom. The van der Waals surface area contributed by atoms with E-state index in [0.717, 1.165) is 18.0 Å². The molecule has 2 aromatic rings. The number of rotatable bonds is 5. The Hall–Kier alpha value is -2.33. The van der Waals surface area contributed by atoms with Gasteiger partial charge in [-0.15, -0.1) is 0 Å². The molecule has 0 spiro atoms. The summed E-state index contributed by atoms with van der Waals surface area (Å²) >= 11 is 0. The van der Waals surface area contributed by atoms with Gasteiger partial charge in [0.05, 0.1) is 0 Å². The average molecular weight is 337 g/mol. The summed E-state index contributed by atoms with van der Waals surface area (Å²) in [6.07, 6.45) is 2.60. The molecule has 1 fully saturated rings. The maximum atomic E-state index is 12.1. The Balaban J connectivity index is 1.49. The van der Waals surface area contributed by atoms with Gasteiger partial charge in [0.25, 0.3) is 5.91 Å². The zero-order chi connectivity index (χ0) is 17.6. The molecule has 132 valence electrons. The first-order chi connectivity index (χ1) is 12.1. The van der Waals surface area contributed by atoms with Crippen LogP contribution in [0.15, 0.2) is 48.5 Å². The Labute approximate surface area is 150 Å². The largest absolute Gasteiger partial charge is 0.399 e. The van der Waals surface area contributed by atoms with E-state index >= 15 is 0 Å². The van der Waals surface area contributed by atoms with Crippen LogP contribution in [0.3, 0.4) is 0 Å². The molecular formula is C21H27N3O. The summed E-state index contributed by atoms with van der Waals surface area (Å²) in [5, 5.41) is 2.95. The quantitative estimate of drug-likeness (QED) is 0.822. The lowest BCUT2D eigenvalue weighted by atomic mass is 9.99. The lowest BCUT2D eigenvalue weighted by Gasteiger charge is -2.30. The predicted octanol–water partition coefficient (Wildman–Crippen LogP) is 3.43. The van der Waals surface area contributed by atoms with Gasteiger partial charge < -0.3 is 11.1 Å². The van der Waals surface area contributed by atoms with Crippen LogP contribution in [-0.4, -0.2) is 23.9 Å². The van der Waals surface area contributed by atoms with Crippen molar-refractivity contribution in [3.05, 3.63) is 65.2 Å². The van der Waals surface area contributed by atoms with Gasteiger partial charge in [0, 0.05) is 24.3 Å². The van der Waals surface area contributed by atoms with Crippen molar-refractivity contribution in [1.29, 1.82) is 0 Å². The molecule has 0 aromatic heterocycles. The SMILES string of the molecule is CC1CCN(Cc2ccc(CNC(=O)c3ccc(N)cc3)cc2)CC1. The molecule has 0 unspecified atom stereocenters. The van der Waals surface area contributed by atoms with E-state index in [9.17, 15) is 4.79 Å². The molecule has 1 saturated heterocycles. The number of nitrogens with two attached hydrogens (primary N) is 1. The fourth-order valence-electron chi connectivity index (χ4n) is 3.16. The third-order valence-corrected chi connectivity index (χ3v) is 4.93. The summed E-state index contributed by atoms with van der Waals surface area (Å²) in [6.45, 7) is 6.28. The molecular weight excluding hydrogens is 310 g/mol. The van der Waals surface area contributed by atoms with Gasteiger partial charge in [0.2, 0.25) is 0 Å². The van der Waals surface area contributed by atoms with Crippen LogP contribution < -0.4 is 11.1 Å². The third-order valence-electron chi connectivity index (χ3n) is 4.93. The molecule has 1 aliphatic rings. The minimum atomic E-state index is -0.0773. The predicted molar refractivity (Wildman–Crippen MR) is 102 cm³/mol. The number of benzene rings is 2. The fraction of sp³-hybridized carbons (Fsp3) is 0.381. The van der Waals surface area contributed by atoms with Crippen molar-refractivity contribution in [3.8, 4) is 0 Å². The number of carbonyl (C=O) groups excluding carboxylic acids is 1. The van der Waals surface area contributed by atoms with E-state index in [4.69, 9.17) is 5.73 Å².